The monoisotopic (exact) mass is 129 g/mol. The summed E-state index contributed by atoms with van der Waals surface area (Å²) in [6.45, 7) is 1.82. The van der Waals surface area contributed by atoms with Gasteiger partial charge in [-0.3, -0.25) is 0 Å². The number of hydrogen-bond acceptors (Lipinski definition) is 3. The Morgan fingerprint density at radius 1 is 1.78 bits per heavy atom. The quantitative estimate of drug-likeness (QED) is 0.374. The molecule has 0 aliphatic carbocycles. The molecule has 0 aliphatic heterocycles. The van der Waals surface area contributed by atoms with Crippen LogP contribution in [-0.2, 0) is 9.59 Å². The molecule has 0 heterocycles. The maximum Gasteiger partial charge on any atom is 0.128 e. The Kier molecular flexibility index (Phi) is 3.67. The second kappa shape index (κ2) is 4.06. The van der Waals surface area contributed by atoms with Crippen LogP contribution in [-0.4, -0.2) is 12.3 Å². The van der Waals surface area contributed by atoms with Gasteiger partial charge in [-0.25, -0.2) is 0 Å². The Balaban J connectivity index is 3.68. The standard InChI is InChI=1S/C6H10O3/c1-2-3-5(4-7)6(8)9/h4-5H,2-3H2,1H3,(H,8,9)/p-1. The van der Waals surface area contributed by atoms with E-state index in [2.05, 4.69) is 0 Å². The van der Waals surface area contributed by atoms with Crippen LogP contribution in [0.15, 0.2) is 0 Å². The van der Waals surface area contributed by atoms with Crippen molar-refractivity contribution in [3.8, 4) is 0 Å². The molecular weight excluding hydrogens is 120 g/mol. The third-order valence-corrected chi connectivity index (χ3v) is 1.07. The largest absolute Gasteiger partial charge is 0.549 e. The lowest BCUT2D eigenvalue weighted by atomic mass is 10.1. The molecule has 0 amide bonds. The van der Waals surface area contributed by atoms with Gasteiger partial charge in [0.2, 0.25) is 0 Å². The first-order valence-corrected chi connectivity index (χ1v) is 2.88. The molecule has 0 aliphatic rings. The predicted octanol–water partition coefficient (Wildman–Crippen LogP) is -0.649. The van der Waals surface area contributed by atoms with Crippen molar-refractivity contribution in [2.45, 2.75) is 19.8 Å². The van der Waals surface area contributed by atoms with E-state index in [1.807, 2.05) is 6.92 Å². The Morgan fingerprint density at radius 3 is 2.44 bits per heavy atom. The first-order chi connectivity index (χ1) is 4.22. The highest BCUT2D eigenvalue weighted by Gasteiger charge is 2.04. The van der Waals surface area contributed by atoms with Crippen LogP contribution >= 0.6 is 0 Å². The van der Waals surface area contributed by atoms with Gasteiger partial charge < -0.3 is 14.7 Å². The second-order valence-electron chi connectivity index (χ2n) is 1.85. The molecule has 0 aromatic rings. The molecule has 0 bridgehead atoms. The van der Waals surface area contributed by atoms with E-state index in [-0.39, 0.29) is 0 Å². The Hall–Kier alpha value is -0.860. The van der Waals surface area contributed by atoms with Gasteiger partial charge in [0.1, 0.15) is 6.29 Å². The first kappa shape index (κ1) is 8.14. The van der Waals surface area contributed by atoms with Crippen LogP contribution in [0.1, 0.15) is 19.8 Å². The van der Waals surface area contributed by atoms with Gasteiger partial charge >= 0.3 is 0 Å². The molecule has 0 rings (SSSR count). The molecule has 3 nitrogen and oxygen atoms in total. The lowest BCUT2D eigenvalue weighted by Crippen LogP contribution is -2.32. The fraction of sp³-hybridized carbons (Fsp3) is 0.667. The third-order valence-electron chi connectivity index (χ3n) is 1.07. The fourth-order valence-corrected chi connectivity index (χ4v) is 0.552. The van der Waals surface area contributed by atoms with Crippen LogP contribution in [0.3, 0.4) is 0 Å². The highest BCUT2D eigenvalue weighted by Crippen LogP contribution is 2.00. The smallest absolute Gasteiger partial charge is 0.128 e. The van der Waals surface area contributed by atoms with E-state index < -0.39 is 11.9 Å². The number of hydrogen-bond donors (Lipinski definition) is 0. The molecule has 1 atom stereocenters. The van der Waals surface area contributed by atoms with Crippen molar-refractivity contribution < 1.29 is 14.7 Å². The van der Waals surface area contributed by atoms with Gasteiger partial charge in [-0.1, -0.05) is 13.3 Å². The summed E-state index contributed by atoms with van der Waals surface area (Å²) in [5.41, 5.74) is 0. The predicted molar refractivity (Wildman–Crippen MR) is 29.5 cm³/mol. The zero-order valence-corrected chi connectivity index (χ0v) is 5.29. The SMILES string of the molecule is CCCC(C=O)C(=O)[O-]. The van der Waals surface area contributed by atoms with E-state index in [0.717, 1.165) is 0 Å². The van der Waals surface area contributed by atoms with Crippen LogP contribution in [0.25, 0.3) is 0 Å². The van der Waals surface area contributed by atoms with E-state index in [0.29, 0.717) is 19.1 Å². The minimum absolute atomic E-state index is 0.381. The highest BCUT2D eigenvalue weighted by molar-refractivity contribution is 5.84. The van der Waals surface area contributed by atoms with Crippen molar-refractivity contribution in [1.29, 1.82) is 0 Å². The highest BCUT2D eigenvalue weighted by atomic mass is 16.4. The van der Waals surface area contributed by atoms with E-state index in [9.17, 15) is 14.7 Å². The van der Waals surface area contributed by atoms with Crippen LogP contribution in [0.2, 0.25) is 0 Å². The van der Waals surface area contributed by atoms with Crippen molar-refractivity contribution >= 4 is 12.3 Å². The number of rotatable bonds is 4. The summed E-state index contributed by atoms with van der Waals surface area (Å²) in [6, 6.07) is 0. The molecule has 52 valence electrons. The van der Waals surface area contributed by atoms with Crippen molar-refractivity contribution in [3.63, 3.8) is 0 Å². The summed E-state index contributed by atoms with van der Waals surface area (Å²) in [5.74, 6) is -2.18. The van der Waals surface area contributed by atoms with Crippen molar-refractivity contribution in [3.05, 3.63) is 0 Å². The van der Waals surface area contributed by atoms with Crippen LogP contribution in [0, 0.1) is 5.92 Å². The lowest BCUT2D eigenvalue weighted by molar-refractivity contribution is -0.309. The average Bonchev–Trinajstić information content (AvgIpc) is 1.82. The number of aliphatic carboxylic acids is 1. The molecule has 0 aromatic heterocycles. The average molecular weight is 129 g/mol. The zero-order valence-electron chi connectivity index (χ0n) is 5.29. The summed E-state index contributed by atoms with van der Waals surface area (Å²) in [5, 5.41) is 9.98. The summed E-state index contributed by atoms with van der Waals surface area (Å²) in [6.07, 6.45) is 1.49. The Bertz CT molecular complexity index is 109. The van der Waals surface area contributed by atoms with Crippen molar-refractivity contribution in [2.75, 3.05) is 0 Å². The zero-order chi connectivity index (χ0) is 7.28. The molecular formula is C6H9O3-. The summed E-state index contributed by atoms with van der Waals surface area (Å²) >= 11 is 0. The van der Waals surface area contributed by atoms with Gasteiger partial charge in [-0.2, -0.15) is 0 Å². The maximum absolute atomic E-state index is 9.98. The number of carbonyl (C=O) groups excluding carboxylic acids is 2. The molecule has 0 radical (unpaired) electrons. The number of carboxylic acids is 1. The molecule has 0 N–H and O–H groups in total. The van der Waals surface area contributed by atoms with Crippen molar-refractivity contribution in [2.24, 2.45) is 5.92 Å². The topological polar surface area (TPSA) is 57.2 Å². The van der Waals surface area contributed by atoms with E-state index >= 15 is 0 Å². The van der Waals surface area contributed by atoms with Gasteiger partial charge in [0, 0.05) is 0 Å². The maximum atomic E-state index is 9.98. The molecule has 0 aromatic carbocycles. The Morgan fingerprint density at radius 2 is 2.33 bits per heavy atom. The van der Waals surface area contributed by atoms with Crippen LogP contribution in [0.4, 0.5) is 0 Å². The Labute approximate surface area is 53.7 Å². The van der Waals surface area contributed by atoms with Crippen LogP contribution in [0.5, 0.6) is 0 Å². The molecule has 3 heteroatoms. The van der Waals surface area contributed by atoms with Crippen molar-refractivity contribution in [1.82, 2.24) is 0 Å². The second-order valence-corrected chi connectivity index (χ2v) is 1.85. The summed E-state index contributed by atoms with van der Waals surface area (Å²) in [4.78, 5) is 19.9. The molecule has 9 heavy (non-hydrogen) atoms. The molecule has 0 saturated carbocycles. The van der Waals surface area contributed by atoms with E-state index in [4.69, 9.17) is 0 Å². The molecule has 0 spiro atoms. The van der Waals surface area contributed by atoms with E-state index in [1.54, 1.807) is 0 Å². The van der Waals surface area contributed by atoms with Gasteiger partial charge in [-0.05, 0) is 6.42 Å². The van der Waals surface area contributed by atoms with Gasteiger partial charge in [-0.15, -0.1) is 0 Å². The first-order valence-electron chi connectivity index (χ1n) is 2.88. The van der Waals surface area contributed by atoms with Gasteiger partial charge in [0.25, 0.3) is 0 Å². The number of aldehydes is 1. The number of carboxylic acid groups (broad SMARTS) is 1. The molecule has 0 fully saturated rings. The van der Waals surface area contributed by atoms with Gasteiger partial charge in [0.15, 0.2) is 0 Å². The van der Waals surface area contributed by atoms with Gasteiger partial charge in [0.05, 0.1) is 11.9 Å². The molecule has 0 saturated heterocycles. The fourth-order valence-electron chi connectivity index (χ4n) is 0.552. The minimum atomic E-state index is -1.27. The summed E-state index contributed by atoms with van der Waals surface area (Å²) < 4.78 is 0. The minimum Gasteiger partial charge on any atom is -0.549 e. The van der Waals surface area contributed by atoms with E-state index in [1.165, 1.54) is 0 Å². The third kappa shape index (κ3) is 2.85. The lowest BCUT2D eigenvalue weighted by Gasteiger charge is -2.07. The van der Waals surface area contributed by atoms with Crippen LogP contribution < -0.4 is 5.11 Å². The molecule has 1 unspecified atom stereocenters. The number of carbonyl (C=O) groups is 2. The normalized spacial score (nSPS) is 12.6. The summed E-state index contributed by atoms with van der Waals surface area (Å²) in [7, 11) is 0.